The van der Waals surface area contributed by atoms with Crippen LogP contribution >= 0.6 is 15.9 Å². The third-order valence-electron chi connectivity index (χ3n) is 1.53. The Morgan fingerprint density at radius 1 is 1.44 bits per heavy atom. The molecule has 9 heavy (non-hydrogen) atoms. The van der Waals surface area contributed by atoms with E-state index >= 15 is 0 Å². The predicted molar refractivity (Wildman–Crippen MR) is 51.0 cm³/mol. The fourth-order valence-electron chi connectivity index (χ4n) is 0.630. The quantitative estimate of drug-likeness (QED) is 0.488. The maximum atomic E-state index is 3.41. The zero-order chi connectivity index (χ0) is 6.41. The molecule has 0 aromatic carbocycles. The molecule has 0 nitrogen and oxygen atoms in total. The number of hydrogen-bond donors (Lipinski definition) is 0. The molecule has 0 aliphatic rings. The van der Waals surface area contributed by atoms with Crippen molar-refractivity contribution >= 4 is 39.0 Å². The molecular formula is C7H17BrMg. The molecule has 0 radical (unpaired) electrons. The van der Waals surface area contributed by atoms with E-state index in [0.29, 0.717) is 0 Å². The summed E-state index contributed by atoms with van der Waals surface area (Å²) in [5, 5.41) is 1.16. The minimum Gasteiger partial charge on any atom is -0.0928 e. The van der Waals surface area contributed by atoms with E-state index < -0.39 is 0 Å². The fraction of sp³-hybridized carbons (Fsp3) is 1.00. The van der Waals surface area contributed by atoms with Crippen LogP contribution in [0.25, 0.3) is 0 Å². The lowest BCUT2D eigenvalue weighted by molar-refractivity contribution is 0.512. The van der Waals surface area contributed by atoms with Crippen molar-refractivity contribution in [3.05, 3.63) is 0 Å². The monoisotopic (exact) mass is 204 g/mol. The van der Waals surface area contributed by atoms with Crippen LogP contribution in [-0.2, 0) is 0 Å². The highest BCUT2D eigenvalue weighted by Gasteiger charge is 1.95. The lowest BCUT2D eigenvalue weighted by atomic mass is 10.0. The van der Waals surface area contributed by atoms with Gasteiger partial charge in [0.25, 0.3) is 0 Å². The Labute approximate surface area is 83.1 Å². The van der Waals surface area contributed by atoms with E-state index in [-0.39, 0.29) is 23.1 Å². The van der Waals surface area contributed by atoms with Crippen molar-refractivity contribution in [1.29, 1.82) is 0 Å². The maximum Gasteiger partial charge on any atom is 0.316 e. The fourth-order valence-corrected chi connectivity index (χ4v) is 0.953. The number of alkyl halides is 1. The summed E-state index contributed by atoms with van der Waals surface area (Å²) in [7, 11) is 0. The smallest absolute Gasteiger partial charge is 0.0928 e. The standard InChI is InChI=1S/C7H15Br.Mg.2H/c1-3-7(2)5-4-6-8;;;/h7H,3-6H2,1-2H3;;;. The summed E-state index contributed by atoms with van der Waals surface area (Å²) in [6, 6.07) is 0. The van der Waals surface area contributed by atoms with Crippen molar-refractivity contribution in [3.8, 4) is 0 Å². The minimum atomic E-state index is 0. The predicted octanol–water partition coefficient (Wildman–Crippen LogP) is 2.29. The van der Waals surface area contributed by atoms with E-state index in [0.717, 1.165) is 11.2 Å². The van der Waals surface area contributed by atoms with Crippen molar-refractivity contribution in [2.75, 3.05) is 5.33 Å². The van der Waals surface area contributed by atoms with Gasteiger partial charge in [-0.2, -0.15) is 0 Å². The van der Waals surface area contributed by atoms with Crippen LogP contribution in [0.1, 0.15) is 33.1 Å². The van der Waals surface area contributed by atoms with Gasteiger partial charge in [0.05, 0.1) is 0 Å². The third kappa shape index (κ3) is 9.25. The summed E-state index contributed by atoms with van der Waals surface area (Å²) >= 11 is 3.41. The highest BCUT2D eigenvalue weighted by Crippen LogP contribution is 2.09. The average Bonchev–Trinajstić information content (AvgIpc) is 1.83. The molecule has 0 rings (SSSR count). The summed E-state index contributed by atoms with van der Waals surface area (Å²) in [6.07, 6.45) is 4.03. The Morgan fingerprint density at radius 2 is 2.00 bits per heavy atom. The van der Waals surface area contributed by atoms with Crippen LogP contribution in [0.2, 0.25) is 0 Å². The maximum absolute atomic E-state index is 3.41. The minimum absolute atomic E-state index is 0. The van der Waals surface area contributed by atoms with Gasteiger partial charge in [0.1, 0.15) is 0 Å². The molecule has 0 aliphatic heterocycles. The number of hydrogen-bond acceptors (Lipinski definition) is 0. The summed E-state index contributed by atoms with van der Waals surface area (Å²) in [5.41, 5.74) is 0. The van der Waals surface area contributed by atoms with E-state index in [2.05, 4.69) is 29.8 Å². The van der Waals surface area contributed by atoms with Crippen molar-refractivity contribution in [3.63, 3.8) is 0 Å². The molecule has 0 aliphatic carbocycles. The topological polar surface area (TPSA) is 0 Å². The Hall–Kier alpha value is 1.25. The molecule has 0 saturated heterocycles. The molecule has 0 aromatic rings. The van der Waals surface area contributed by atoms with Gasteiger partial charge < -0.3 is 0 Å². The second kappa shape index (κ2) is 9.25. The Kier molecular flexibility index (Phi) is 13.2. The third-order valence-corrected chi connectivity index (χ3v) is 2.09. The largest absolute Gasteiger partial charge is 0.316 e. The second-order valence-corrected chi connectivity index (χ2v) is 3.14. The molecule has 1 atom stereocenters. The van der Waals surface area contributed by atoms with Crippen LogP contribution in [0.3, 0.4) is 0 Å². The molecule has 0 amide bonds. The van der Waals surface area contributed by atoms with Gasteiger partial charge in [-0.3, -0.25) is 0 Å². The molecule has 0 saturated carbocycles. The van der Waals surface area contributed by atoms with Crippen LogP contribution in [-0.4, -0.2) is 28.4 Å². The number of halogens is 1. The summed E-state index contributed by atoms with van der Waals surface area (Å²) in [4.78, 5) is 0. The van der Waals surface area contributed by atoms with Gasteiger partial charge in [-0.1, -0.05) is 36.2 Å². The van der Waals surface area contributed by atoms with Crippen LogP contribution in [0, 0.1) is 5.92 Å². The van der Waals surface area contributed by atoms with E-state index in [4.69, 9.17) is 0 Å². The molecule has 0 bridgehead atoms. The van der Waals surface area contributed by atoms with Crippen LogP contribution in [0.4, 0.5) is 0 Å². The molecule has 0 spiro atoms. The Morgan fingerprint density at radius 3 is 2.33 bits per heavy atom. The van der Waals surface area contributed by atoms with E-state index in [1.165, 1.54) is 19.3 Å². The molecular weight excluding hydrogens is 188 g/mol. The molecule has 0 fully saturated rings. The molecule has 2 heteroatoms. The lowest BCUT2D eigenvalue weighted by Crippen LogP contribution is -1.91. The lowest BCUT2D eigenvalue weighted by Gasteiger charge is -2.04. The normalized spacial score (nSPS) is 12.3. The first-order valence-corrected chi connectivity index (χ1v) is 4.49. The second-order valence-electron chi connectivity index (χ2n) is 2.34. The summed E-state index contributed by atoms with van der Waals surface area (Å²) in [6.45, 7) is 4.56. The number of rotatable bonds is 4. The zero-order valence-corrected chi connectivity index (χ0v) is 7.37. The van der Waals surface area contributed by atoms with Gasteiger partial charge in [-0.25, -0.2) is 0 Å². The molecule has 0 N–H and O–H groups in total. The zero-order valence-electron chi connectivity index (χ0n) is 5.78. The first-order valence-electron chi connectivity index (χ1n) is 3.37. The molecule has 0 heterocycles. The van der Waals surface area contributed by atoms with E-state index in [1.54, 1.807) is 0 Å². The Balaban J connectivity index is 0. The van der Waals surface area contributed by atoms with E-state index in [9.17, 15) is 0 Å². The van der Waals surface area contributed by atoms with Crippen LogP contribution < -0.4 is 0 Å². The van der Waals surface area contributed by atoms with Crippen molar-refractivity contribution < 1.29 is 0 Å². The molecule has 1 unspecified atom stereocenters. The first-order chi connectivity index (χ1) is 3.81. The van der Waals surface area contributed by atoms with Crippen LogP contribution in [0.15, 0.2) is 0 Å². The summed E-state index contributed by atoms with van der Waals surface area (Å²) < 4.78 is 0. The molecule has 54 valence electrons. The highest BCUT2D eigenvalue weighted by molar-refractivity contribution is 9.09. The molecule has 0 aromatic heterocycles. The van der Waals surface area contributed by atoms with Crippen molar-refractivity contribution in [1.82, 2.24) is 0 Å². The highest BCUT2D eigenvalue weighted by atomic mass is 79.9. The SMILES string of the molecule is CCC(C)CCCBr.[MgH2]. The van der Waals surface area contributed by atoms with Gasteiger partial charge in [-0.15, -0.1) is 0 Å². The van der Waals surface area contributed by atoms with Gasteiger partial charge in [-0.05, 0) is 18.8 Å². The van der Waals surface area contributed by atoms with E-state index in [1.807, 2.05) is 0 Å². The summed E-state index contributed by atoms with van der Waals surface area (Å²) in [5.74, 6) is 0.924. The first kappa shape index (κ1) is 12.9. The van der Waals surface area contributed by atoms with Gasteiger partial charge in [0.15, 0.2) is 0 Å². The van der Waals surface area contributed by atoms with Crippen molar-refractivity contribution in [2.24, 2.45) is 5.92 Å². The Bertz CT molecular complexity index is 48.2. The van der Waals surface area contributed by atoms with Gasteiger partial charge >= 0.3 is 23.1 Å². The van der Waals surface area contributed by atoms with Gasteiger partial charge in [0, 0.05) is 5.33 Å². The average molecular weight is 205 g/mol. The van der Waals surface area contributed by atoms with Gasteiger partial charge in [0.2, 0.25) is 0 Å². The van der Waals surface area contributed by atoms with Crippen LogP contribution in [0.5, 0.6) is 0 Å². The van der Waals surface area contributed by atoms with Crippen molar-refractivity contribution in [2.45, 2.75) is 33.1 Å².